The van der Waals surface area contributed by atoms with Gasteiger partial charge in [-0.05, 0) is 36.2 Å². The lowest BCUT2D eigenvalue weighted by molar-refractivity contribution is -0.117. The number of halogens is 1. The predicted molar refractivity (Wildman–Crippen MR) is 128 cm³/mol. The minimum absolute atomic E-state index is 0. The molecular weight excluding hydrogens is 493 g/mol. The molecule has 1 aliphatic heterocycles. The van der Waals surface area contributed by atoms with E-state index in [-0.39, 0.29) is 29.9 Å². The number of carbonyl (C=O) groups is 1. The quantitative estimate of drug-likeness (QED) is 0.297. The monoisotopic (exact) mass is 519 g/mol. The van der Waals surface area contributed by atoms with E-state index in [0.29, 0.717) is 19.5 Å². The van der Waals surface area contributed by atoms with Gasteiger partial charge in [-0.15, -0.1) is 34.2 Å². The molecule has 0 atom stereocenters. The van der Waals surface area contributed by atoms with Gasteiger partial charge >= 0.3 is 0 Å². The van der Waals surface area contributed by atoms with Crippen molar-refractivity contribution in [3.05, 3.63) is 60.0 Å². The summed E-state index contributed by atoms with van der Waals surface area (Å²) in [5.41, 5.74) is 2.95. The number of guanidine groups is 1. The van der Waals surface area contributed by atoms with Crippen LogP contribution in [-0.4, -0.2) is 46.6 Å². The van der Waals surface area contributed by atoms with Crippen LogP contribution in [0.25, 0.3) is 5.65 Å². The van der Waals surface area contributed by atoms with Crippen molar-refractivity contribution in [3.8, 4) is 0 Å². The number of aliphatic imine (C=N–C) groups is 1. The first-order chi connectivity index (χ1) is 14.2. The Bertz CT molecular complexity index is 1020. The van der Waals surface area contributed by atoms with Crippen LogP contribution in [0.5, 0.6) is 0 Å². The van der Waals surface area contributed by atoms with Gasteiger partial charge in [-0.25, -0.2) is 0 Å². The largest absolute Gasteiger partial charge is 0.356 e. The van der Waals surface area contributed by atoms with Crippen molar-refractivity contribution in [1.29, 1.82) is 0 Å². The number of benzene rings is 1. The molecule has 1 fully saturated rings. The van der Waals surface area contributed by atoms with Crippen LogP contribution in [0.15, 0.2) is 53.7 Å². The Kier molecular flexibility index (Phi) is 7.61. The molecule has 1 saturated heterocycles. The van der Waals surface area contributed by atoms with Crippen LogP contribution >= 0.6 is 24.0 Å². The Balaban J connectivity index is 0.00000256. The Morgan fingerprint density at radius 1 is 1.13 bits per heavy atom. The van der Waals surface area contributed by atoms with Gasteiger partial charge in [0, 0.05) is 51.4 Å². The van der Waals surface area contributed by atoms with Crippen molar-refractivity contribution in [2.45, 2.75) is 25.8 Å². The highest BCUT2D eigenvalue weighted by molar-refractivity contribution is 14.0. The van der Waals surface area contributed by atoms with Gasteiger partial charge in [-0.2, -0.15) is 0 Å². The predicted octanol–water partition coefficient (Wildman–Crippen LogP) is 2.38. The van der Waals surface area contributed by atoms with Gasteiger partial charge in [0.1, 0.15) is 5.82 Å². The number of aromatic nitrogens is 3. The van der Waals surface area contributed by atoms with Crippen molar-refractivity contribution in [3.63, 3.8) is 0 Å². The highest BCUT2D eigenvalue weighted by Crippen LogP contribution is 2.21. The lowest BCUT2D eigenvalue weighted by atomic mass is 10.2. The molecule has 0 radical (unpaired) electrons. The number of amides is 1. The van der Waals surface area contributed by atoms with Crippen molar-refractivity contribution >= 4 is 47.2 Å². The van der Waals surface area contributed by atoms with Crippen molar-refractivity contribution in [1.82, 2.24) is 25.2 Å². The molecule has 4 rings (SSSR count). The number of nitrogens with zero attached hydrogens (tertiary/aromatic N) is 5. The van der Waals surface area contributed by atoms with E-state index in [9.17, 15) is 4.79 Å². The molecule has 1 amide bonds. The summed E-state index contributed by atoms with van der Waals surface area (Å²) >= 11 is 0. The van der Waals surface area contributed by atoms with Crippen LogP contribution in [-0.2, 0) is 17.8 Å². The smallest absolute Gasteiger partial charge is 0.227 e. The van der Waals surface area contributed by atoms with Crippen LogP contribution in [0.4, 0.5) is 5.69 Å². The molecule has 0 bridgehead atoms. The molecule has 9 heteroatoms. The van der Waals surface area contributed by atoms with Crippen molar-refractivity contribution < 1.29 is 4.79 Å². The van der Waals surface area contributed by atoms with Gasteiger partial charge in [0.25, 0.3) is 0 Å². The normalized spacial score (nSPS) is 14.1. The van der Waals surface area contributed by atoms with Crippen LogP contribution in [0.1, 0.15) is 24.2 Å². The molecule has 3 aromatic rings. The summed E-state index contributed by atoms with van der Waals surface area (Å²) in [6, 6.07) is 14.0. The first-order valence-corrected chi connectivity index (χ1v) is 9.87. The second-order valence-corrected chi connectivity index (χ2v) is 6.96. The minimum Gasteiger partial charge on any atom is -0.356 e. The Morgan fingerprint density at radius 2 is 1.97 bits per heavy atom. The Morgan fingerprint density at radius 3 is 2.70 bits per heavy atom. The number of hydrogen-bond acceptors (Lipinski definition) is 4. The average molecular weight is 519 g/mol. The third kappa shape index (κ3) is 5.07. The summed E-state index contributed by atoms with van der Waals surface area (Å²) in [7, 11) is 1.75. The Hall–Kier alpha value is -2.69. The molecule has 0 saturated carbocycles. The topological polar surface area (TPSA) is 86.9 Å². The maximum atomic E-state index is 11.9. The first kappa shape index (κ1) is 22.0. The molecule has 0 aliphatic carbocycles. The number of nitrogens with one attached hydrogen (secondary N) is 2. The molecule has 158 valence electrons. The van der Waals surface area contributed by atoms with E-state index in [0.717, 1.165) is 48.1 Å². The van der Waals surface area contributed by atoms with Crippen LogP contribution < -0.4 is 15.5 Å². The number of pyridine rings is 1. The third-order valence-corrected chi connectivity index (χ3v) is 5.03. The standard InChI is InChI=1S/C21H25N7O.HI/c1-22-21(23-12-11-19-26-25-18-5-2-3-13-28(18)19)24-15-16-7-9-17(10-8-16)27-14-4-6-20(27)29;/h2-3,5,7-10,13H,4,6,11-12,14-15H2,1H3,(H2,22,23,24);1H. The fraction of sp³-hybridized carbons (Fsp3) is 0.333. The fourth-order valence-corrected chi connectivity index (χ4v) is 3.48. The average Bonchev–Trinajstić information content (AvgIpc) is 3.37. The lowest BCUT2D eigenvalue weighted by Crippen LogP contribution is -2.38. The van der Waals surface area contributed by atoms with Crippen LogP contribution in [0, 0.1) is 0 Å². The summed E-state index contributed by atoms with van der Waals surface area (Å²) in [4.78, 5) is 18.0. The second kappa shape index (κ2) is 10.4. The summed E-state index contributed by atoms with van der Waals surface area (Å²) in [6.45, 7) is 2.17. The zero-order chi connectivity index (χ0) is 20.1. The fourth-order valence-electron chi connectivity index (χ4n) is 3.48. The number of fused-ring (bicyclic) bond motifs is 1. The van der Waals surface area contributed by atoms with Crippen LogP contribution in [0.3, 0.4) is 0 Å². The zero-order valence-electron chi connectivity index (χ0n) is 16.9. The molecule has 1 aliphatic rings. The molecule has 3 heterocycles. The molecule has 30 heavy (non-hydrogen) atoms. The summed E-state index contributed by atoms with van der Waals surface area (Å²) < 4.78 is 1.99. The SMILES string of the molecule is CN=C(NCCc1nnc2ccccn12)NCc1ccc(N2CCCC2=O)cc1.I. The number of anilines is 1. The number of hydrogen-bond donors (Lipinski definition) is 2. The molecule has 1 aromatic carbocycles. The highest BCUT2D eigenvalue weighted by Gasteiger charge is 2.21. The maximum Gasteiger partial charge on any atom is 0.227 e. The number of carbonyl (C=O) groups excluding carboxylic acids is 1. The van der Waals surface area contributed by atoms with E-state index in [2.05, 4.69) is 25.8 Å². The van der Waals surface area contributed by atoms with Crippen molar-refractivity contribution in [2.24, 2.45) is 4.99 Å². The van der Waals surface area contributed by atoms with Gasteiger partial charge in [0.2, 0.25) is 5.91 Å². The highest BCUT2D eigenvalue weighted by atomic mass is 127. The summed E-state index contributed by atoms with van der Waals surface area (Å²) in [5, 5.41) is 15.0. The first-order valence-electron chi connectivity index (χ1n) is 9.87. The zero-order valence-corrected chi connectivity index (χ0v) is 19.2. The summed E-state index contributed by atoms with van der Waals surface area (Å²) in [6.07, 6.45) is 4.30. The van der Waals surface area contributed by atoms with E-state index in [4.69, 9.17) is 0 Å². The van der Waals surface area contributed by atoms with Crippen molar-refractivity contribution in [2.75, 3.05) is 25.0 Å². The molecule has 0 spiro atoms. The Labute approximate surface area is 192 Å². The van der Waals surface area contributed by atoms with E-state index in [1.807, 2.05) is 58.0 Å². The number of rotatable bonds is 6. The van der Waals surface area contributed by atoms with Gasteiger partial charge in [0.05, 0.1) is 0 Å². The lowest BCUT2D eigenvalue weighted by Gasteiger charge is -2.16. The van der Waals surface area contributed by atoms with E-state index in [1.54, 1.807) is 7.05 Å². The van der Waals surface area contributed by atoms with Gasteiger partial charge in [-0.3, -0.25) is 14.2 Å². The van der Waals surface area contributed by atoms with Crippen LogP contribution in [0.2, 0.25) is 0 Å². The second-order valence-electron chi connectivity index (χ2n) is 6.96. The molecule has 8 nitrogen and oxygen atoms in total. The van der Waals surface area contributed by atoms with Gasteiger partial charge in [0.15, 0.2) is 11.6 Å². The van der Waals surface area contributed by atoms with E-state index in [1.165, 1.54) is 0 Å². The van der Waals surface area contributed by atoms with Gasteiger partial charge < -0.3 is 15.5 Å². The maximum absolute atomic E-state index is 11.9. The minimum atomic E-state index is 0. The molecule has 0 unspecified atom stereocenters. The van der Waals surface area contributed by atoms with Gasteiger partial charge in [-0.1, -0.05) is 18.2 Å². The summed E-state index contributed by atoms with van der Waals surface area (Å²) in [5.74, 6) is 1.86. The third-order valence-electron chi connectivity index (χ3n) is 5.03. The molecule has 2 aromatic heterocycles. The van der Waals surface area contributed by atoms with E-state index >= 15 is 0 Å². The molecular formula is C21H26IN7O. The van der Waals surface area contributed by atoms with E-state index < -0.39 is 0 Å². The molecule has 2 N–H and O–H groups in total.